The number of aldehydes is 1. The predicted molar refractivity (Wildman–Crippen MR) is 80.0 cm³/mol. The van der Waals surface area contributed by atoms with Crippen LogP contribution in [0.4, 0.5) is 13.2 Å². The maximum Gasteiger partial charge on any atom is 0.416 e. The van der Waals surface area contributed by atoms with Crippen LogP contribution in [0.1, 0.15) is 22.8 Å². The maximum atomic E-state index is 12.9. The predicted octanol–water partition coefficient (Wildman–Crippen LogP) is 4.59. The lowest BCUT2D eigenvalue weighted by Gasteiger charge is -2.16. The van der Waals surface area contributed by atoms with Crippen LogP contribution < -0.4 is 9.47 Å². The van der Waals surface area contributed by atoms with Crippen molar-refractivity contribution in [2.75, 3.05) is 13.7 Å². The number of carbonyl (C=O) groups is 1. The molecule has 2 rings (SSSR count). The number of hydrogen-bond acceptors (Lipinski definition) is 3. The molecule has 0 unspecified atom stereocenters. The normalized spacial score (nSPS) is 11.2. The number of ether oxygens (including phenoxy) is 2. The van der Waals surface area contributed by atoms with Crippen molar-refractivity contribution in [3.05, 3.63) is 47.5 Å². The number of rotatable bonds is 5. The lowest BCUT2D eigenvalue weighted by molar-refractivity contribution is -0.137. The van der Waals surface area contributed by atoms with Gasteiger partial charge < -0.3 is 9.47 Å². The van der Waals surface area contributed by atoms with Gasteiger partial charge in [-0.2, -0.15) is 13.2 Å². The van der Waals surface area contributed by atoms with Crippen LogP contribution in [0.25, 0.3) is 11.1 Å². The molecule has 0 radical (unpaired) electrons. The van der Waals surface area contributed by atoms with Gasteiger partial charge in [0.2, 0.25) is 0 Å². The van der Waals surface area contributed by atoms with Crippen molar-refractivity contribution in [3.63, 3.8) is 0 Å². The molecule has 0 fully saturated rings. The van der Waals surface area contributed by atoms with Crippen LogP contribution in [0.15, 0.2) is 36.4 Å². The molecule has 0 spiro atoms. The lowest BCUT2D eigenvalue weighted by atomic mass is 9.99. The molecule has 122 valence electrons. The zero-order valence-electron chi connectivity index (χ0n) is 12.6. The molecule has 3 nitrogen and oxygen atoms in total. The molecule has 0 heterocycles. The van der Waals surface area contributed by atoms with Crippen LogP contribution in [-0.4, -0.2) is 20.0 Å². The van der Waals surface area contributed by atoms with Gasteiger partial charge in [0.1, 0.15) is 6.29 Å². The molecular formula is C17H15F3O3. The van der Waals surface area contributed by atoms with Crippen LogP contribution in [0.2, 0.25) is 0 Å². The molecule has 0 atom stereocenters. The van der Waals surface area contributed by atoms with Crippen molar-refractivity contribution < 1.29 is 27.4 Å². The average Bonchev–Trinajstić information content (AvgIpc) is 2.54. The quantitative estimate of drug-likeness (QED) is 0.755. The van der Waals surface area contributed by atoms with Gasteiger partial charge in [-0.25, -0.2) is 0 Å². The number of hydrogen-bond donors (Lipinski definition) is 0. The summed E-state index contributed by atoms with van der Waals surface area (Å²) in [5.74, 6) is 0.601. The number of benzene rings is 2. The summed E-state index contributed by atoms with van der Waals surface area (Å²) in [4.78, 5) is 11.1. The summed E-state index contributed by atoms with van der Waals surface area (Å²) in [6.45, 7) is 2.06. The molecule has 2 aromatic carbocycles. The third-order valence-electron chi connectivity index (χ3n) is 3.22. The molecular weight excluding hydrogens is 309 g/mol. The van der Waals surface area contributed by atoms with Gasteiger partial charge in [0, 0.05) is 11.1 Å². The molecule has 0 N–H and O–H groups in total. The fourth-order valence-electron chi connectivity index (χ4n) is 2.21. The van der Waals surface area contributed by atoms with Gasteiger partial charge >= 0.3 is 6.18 Å². The summed E-state index contributed by atoms with van der Waals surface area (Å²) in [6, 6.07) is 7.82. The first-order chi connectivity index (χ1) is 10.9. The zero-order valence-corrected chi connectivity index (χ0v) is 12.6. The number of carbonyl (C=O) groups excluding carboxylic acids is 1. The molecule has 0 aromatic heterocycles. The fourth-order valence-corrected chi connectivity index (χ4v) is 2.21. The minimum Gasteiger partial charge on any atom is -0.493 e. The average molecular weight is 324 g/mol. The van der Waals surface area contributed by atoms with E-state index in [1.807, 2.05) is 0 Å². The first-order valence-electron chi connectivity index (χ1n) is 6.88. The van der Waals surface area contributed by atoms with E-state index in [1.165, 1.54) is 31.4 Å². The maximum absolute atomic E-state index is 12.9. The molecule has 23 heavy (non-hydrogen) atoms. The number of alkyl halides is 3. The highest BCUT2D eigenvalue weighted by Crippen LogP contribution is 2.41. The number of halogens is 3. The molecule has 0 bridgehead atoms. The Labute approximate surface area is 131 Å². The highest BCUT2D eigenvalue weighted by atomic mass is 19.4. The SMILES string of the molecule is CCOc1c(OC)cc(C=O)cc1-c1cccc(C(F)(F)F)c1. The second-order valence-electron chi connectivity index (χ2n) is 4.73. The smallest absolute Gasteiger partial charge is 0.416 e. The number of methoxy groups -OCH3 is 1. The van der Waals surface area contributed by atoms with Crippen molar-refractivity contribution in [2.24, 2.45) is 0 Å². The summed E-state index contributed by atoms with van der Waals surface area (Å²) in [5.41, 5.74) is 0.190. The fraction of sp³-hybridized carbons (Fsp3) is 0.235. The van der Waals surface area contributed by atoms with Crippen LogP contribution in [0.3, 0.4) is 0 Å². The van der Waals surface area contributed by atoms with E-state index in [1.54, 1.807) is 6.92 Å². The summed E-state index contributed by atoms with van der Waals surface area (Å²) < 4.78 is 49.4. The van der Waals surface area contributed by atoms with E-state index in [9.17, 15) is 18.0 Å². The largest absolute Gasteiger partial charge is 0.493 e. The van der Waals surface area contributed by atoms with Gasteiger partial charge in [0.25, 0.3) is 0 Å². The van der Waals surface area contributed by atoms with Crippen molar-refractivity contribution >= 4 is 6.29 Å². The minimum absolute atomic E-state index is 0.290. The van der Waals surface area contributed by atoms with E-state index in [2.05, 4.69) is 0 Å². The summed E-state index contributed by atoms with van der Waals surface area (Å²) in [5, 5.41) is 0. The van der Waals surface area contributed by atoms with E-state index in [-0.39, 0.29) is 5.56 Å². The summed E-state index contributed by atoms with van der Waals surface area (Å²) >= 11 is 0. The monoisotopic (exact) mass is 324 g/mol. The minimum atomic E-state index is -4.45. The summed E-state index contributed by atoms with van der Waals surface area (Å²) in [6.07, 6.45) is -3.84. The molecule has 2 aromatic rings. The van der Waals surface area contributed by atoms with Crippen LogP contribution in [0.5, 0.6) is 11.5 Å². The van der Waals surface area contributed by atoms with Crippen molar-refractivity contribution in [1.29, 1.82) is 0 Å². The van der Waals surface area contributed by atoms with Gasteiger partial charge in [0.05, 0.1) is 19.3 Å². The van der Waals surface area contributed by atoms with Crippen molar-refractivity contribution in [1.82, 2.24) is 0 Å². The molecule has 0 amide bonds. The van der Waals surface area contributed by atoms with Gasteiger partial charge in [-0.3, -0.25) is 4.79 Å². The first-order valence-corrected chi connectivity index (χ1v) is 6.88. The van der Waals surface area contributed by atoms with Crippen LogP contribution in [0, 0.1) is 0 Å². The van der Waals surface area contributed by atoms with Gasteiger partial charge in [-0.05, 0) is 36.8 Å². The summed E-state index contributed by atoms with van der Waals surface area (Å²) in [7, 11) is 1.41. The Morgan fingerprint density at radius 1 is 1.17 bits per heavy atom. The van der Waals surface area contributed by atoms with Crippen LogP contribution >= 0.6 is 0 Å². The molecule has 0 aliphatic carbocycles. The Bertz CT molecular complexity index is 709. The van der Waals surface area contributed by atoms with Gasteiger partial charge in [0.15, 0.2) is 11.5 Å². The zero-order chi connectivity index (χ0) is 17.0. The molecule has 0 aliphatic heterocycles. The van der Waals surface area contributed by atoms with Gasteiger partial charge in [-0.1, -0.05) is 12.1 Å². The Hall–Kier alpha value is -2.50. The second kappa shape index (κ2) is 6.73. The standard InChI is InChI=1S/C17H15F3O3/c1-3-23-16-14(7-11(10-21)8-15(16)22-2)12-5-4-6-13(9-12)17(18,19)20/h4-10H,3H2,1-2H3. The van der Waals surface area contributed by atoms with Crippen molar-refractivity contribution in [2.45, 2.75) is 13.1 Å². The molecule has 6 heteroatoms. The van der Waals surface area contributed by atoms with E-state index in [0.29, 0.717) is 35.5 Å². The topological polar surface area (TPSA) is 35.5 Å². The van der Waals surface area contributed by atoms with E-state index in [0.717, 1.165) is 12.1 Å². The highest BCUT2D eigenvalue weighted by molar-refractivity contribution is 5.84. The Morgan fingerprint density at radius 2 is 1.91 bits per heavy atom. The second-order valence-corrected chi connectivity index (χ2v) is 4.73. The van der Waals surface area contributed by atoms with E-state index in [4.69, 9.17) is 9.47 Å². The lowest BCUT2D eigenvalue weighted by Crippen LogP contribution is -2.05. The third kappa shape index (κ3) is 3.64. The van der Waals surface area contributed by atoms with Gasteiger partial charge in [-0.15, -0.1) is 0 Å². The van der Waals surface area contributed by atoms with E-state index < -0.39 is 11.7 Å². The van der Waals surface area contributed by atoms with E-state index >= 15 is 0 Å². The van der Waals surface area contributed by atoms with Crippen molar-refractivity contribution in [3.8, 4) is 22.6 Å². The third-order valence-corrected chi connectivity index (χ3v) is 3.22. The molecule has 0 saturated heterocycles. The highest BCUT2D eigenvalue weighted by Gasteiger charge is 2.30. The Morgan fingerprint density at radius 3 is 2.48 bits per heavy atom. The Kier molecular flexibility index (Phi) is 4.93. The molecule has 0 saturated carbocycles. The van der Waals surface area contributed by atoms with Crippen LogP contribution in [-0.2, 0) is 6.18 Å². The first kappa shape index (κ1) is 16.9. The molecule has 0 aliphatic rings. The Balaban J connectivity index is 2.68.